The summed E-state index contributed by atoms with van der Waals surface area (Å²) in [6.45, 7) is 0.991. The van der Waals surface area contributed by atoms with Crippen molar-refractivity contribution >= 4 is 0 Å². The van der Waals surface area contributed by atoms with Gasteiger partial charge in [0.1, 0.15) is 11.4 Å². The Labute approximate surface area is 137 Å². The van der Waals surface area contributed by atoms with Gasteiger partial charge in [-0.1, -0.05) is 54.6 Å². The molecule has 0 saturated carbocycles. The van der Waals surface area contributed by atoms with Crippen LogP contribution in [-0.2, 0) is 15.3 Å². The fourth-order valence-corrected chi connectivity index (χ4v) is 3.50. The Bertz CT molecular complexity index is 989. The molecule has 0 bridgehead atoms. The Hall–Kier alpha value is -2.76. The number of benzene rings is 2. The van der Waals surface area contributed by atoms with Crippen molar-refractivity contribution in [1.29, 1.82) is 0 Å². The molecule has 1 aliphatic heterocycles. The first-order valence-electron chi connectivity index (χ1n) is 7.87. The first-order chi connectivity index (χ1) is 11.8. The van der Waals surface area contributed by atoms with E-state index in [-0.39, 0.29) is 5.56 Å². The maximum atomic E-state index is 12.6. The Morgan fingerprint density at radius 1 is 0.958 bits per heavy atom. The second-order valence-corrected chi connectivity index (χ2v) is 5.86. The average Bonchev–Trinajstić information content (AvgIpc) is 3.21. The standard InChI is InChI=1S/C19H14N2O3/c22-18-15(12-6-2-1-3-7-12)20-17-16(21-18)13-8-4-5-9-14(13)19(17)23-10-11-24-19/h1-9H,10-11H2,(H,21,22). The van der Waals surface area contributed by atoms with Gasteiger partial charge in [-0.3, -0.25) is 4.79 Å². The molecule has 0 atom stereocenters. The number of hydrogen-bond acceptors (Lipinski definition) is 4. The first-order valence-corrected chi connectivity index (χ1v) is 7.87. The lowest BCUT2D eigenvalue weighted by molar-refractivity contribution is -0.129. The molecule has 0 unspecified atom stereocenters. The predicted octanol–water partition coefficient (Wildman–Crippen LogP) is 2.67. The van der Waals surface area contributed by atoms with Crippen molar-refractivity contribution in [3.8, 4) is 22.5 Å². The van der Waals surface area contributed by atoms with Crippen LogP contribution >= 0.6 is 0 Å². The van der Waals surface area contributed by atoms with Gasteiger partial charge < -0.3 is 14.5 Å². The van der Waals surface area contributed by atoms with Crippen molar-refractivity contribution in [2.24, 2.45) is 0 Å². The summed E-state index contributed by atoms with van der Waals surface area (Å²) >= 11 is 0. The lowest BCUT2D eigenvalue weighted by Gasteiger charge is -2.23. The third-order valence-corrected chi connectivity index (χ3v) is 4.52. The number of ether oxygens (including phenoxy) is 2. The lowest BCUT2D eigenvalue weighted by Crippen LogP contribution is -2.28. The zero-order valence-electron chi connectivity index (χ0n) is 12.8. The molecule has 24 heavy (non-hydrogen) atoms. The molecular weight excluding hydrogens is 304 g/mol. The molecule has 1 saturated heterocycles. The molecular formula is C19H14N2O3. The molecule has 1 aliphatic carbocycles. The van der Waals surface area contributed by atoms with E-state index in [4.69, 9.17) is 9.47 Å². The van der Waals surface area contributed by atoms with Gasteiger partial charge in [0.2, 0.25) is 5.79 Å². The number of hydrogen-bond donors (Lipinski definition) is 1. The lowest BCUT2D eigenvalue weighted by atomic mass is 10.1. The number of nitrogens with one attached hydrogen (secondary N) is 1. The van der Waals surface area contributed by atoms with E-state index in [1.54, 1.807) is 0 Å². The molecule has 3 aromatic rings. The molecule has 2 aromatic carbocycles. The first kappa shape index (κ1) is 13.7. The van der Waals surface area contributed by atoms with Crippen molar-refractivity contribution in [2.75, 3.05) is 13.2 Å². The predicted molar refractivity (Wildman–Crippen MR) is 88.4 cm³/mol. The molecule has 118 valence electrons. The molecule has 5 nitrogen and oxygen atoms in total. The number of aromatic nitrogens is 2. The second kappa shape index (κ2) is 4.87. The molecule has 1 N–H and O–H groups in total. The van der Waals surface area contributed by atoms with Crippen LogP contribution in [0.25, 0.3) is 22.5 Å². The highest BCUT2D eigenvalue weighted by molar-refractivity contribution is 5.76. The van der Waals surface area contributed by atoms with Gasteiger partial charge in [0.15, 0.2) is 0 Å². The summed E-state index contributed by atoms with van der Waals surface area (Å²) in [7, 11) is 0. The van der Waals surface area contributed by atoms with Crippen LogP contribution in [0.15, 0.2) is 59.4 Å². The summed E-state index contributed by atoms with van der Waals surface area (Å²) in [5.41, 5.74) is 4.03. The van der Waals surface area contributed by atoms with Crippen molar-refractivity contribution in [3.63, 3.8) is 0 Å². The molecule has 0 amide bonds. The summed E-state index contributed by atoms with van der Waals surface area (Å²) in [6, 6.07) is 17.2. The minimum absolute atomic E-state index is 0.218. The van der Waals surface area contributed by atoms with E-state index in [0.717, 1.165) is 16.7 Å². The topological polar surface area (TPSA) is 64.2 Å². The highest BCUT2D eigenvalue weighted by Crippen LogP contribution is 2.50. The van der Waals surface area contributed by atoms with Crippen molar-refractivity contribution in [1.82, 2.24) is 9.97 Å². The van der Waals surface area contributed by atoms with E-state index >= 15 is 0 Å². The van der Waals surface area contributed by atoms with Crippen LogP contribution in [0.3, 0.4) is 0 Å². The maximum absolute atomic E-state index is 12.6. The SMILES string of the molecule is O=c1[nH]c2c(nc1-c1ccccc1)C1(OCCO1)c1ccccc1-2. The van der Waals surface area contributed by atoms with Gasteiger partial charge in [0.05, 0.1) is 18.9 Å². The Morgan fingerprint density at radius 2 is 1.67 bits per heavy atom. The second-order valence-electron chi connectivity index (χ2n) is 5.86. The Balaban J connectivity index is 1.82. The fourth-order valence-electron chi connectivity index (χ4n) is 3.50. The molecule has 5 rings (SSSR count). The summed E-state index contributed by atoms with van der Waals surface area (Å²) < 4.78 is 12.0. The van der Waals surface area contributed by atoms with Gasteiger partial charge in [-0.05, 0) is 0 Å². The third kappa shape index (κ3) is 1.71. The van der Waals surface area contributed by atoms with Crippen LogP contribution in [0.1, 0.15) is 11.3 Å². The van der Waals surface area contributed by atoms with E-state index < -0.39 is 5.79 Å². The molecule has 2 heterocycles. The minimum Gasteiger partial charge on any atom is -0.339 e. The molecule has 0 radical (unpaired) electrons. The van der Waals surface area contributed by atoms with Crippen LogP contribution in [0, 0.1) is 0 Å². The zero-order chi connectivity index (χ0) is 16.1. The highest BCUT2D eigenvalue weighted by atomic mass is 16.7. The smallest absolute Gasteiger partial charge is 0.274 e. The summed E-state index contributed by atoms with van der Waals surface area (Å²) in [6.07, 6.45) is 0. The fraction of sp³-hybridized carbons (Fsp3) is 0.158. The molecule has 2 aliphatic rings. The van der Waals surface area contributed by atoms with E-state index in [0.29, 0.717) is 30.3 Å². The van der Waals surface area contributed by atoms with Crippen LogP contribution in [0.5, 0.6) is 0 Å². The number of aromatic amines is 1. The number of rotatable bonds is 1. The molecule has 1 aromatic heterocycles. The minimum atomic E-state index is -1.01. The summed E-state index contributed by atoms with van der Waals surface area (Å²) in [5.74, 6) is -1.01. The molecule has 5 heteroatoms. The van der Waals surface area contributed by atoms with Crippen LogP contribution in [-0.4, -0.2) is 23.2 Å². The normalized spacial score (nSPS) is 17.0. The summed E-state index contributed by atoms with van der Waals surface area (Å²) in [5, 5.41) is 0. The Morgan fingerprint density at radius 3 is 2.46 bits per heavy atom. The van der Waals surface area contributed by atoms with Gasteiger partial charge >= 0.3 is 0 Å². The number of H-pyrrole nitrogens is 1. The largest absolute Gasteiger partial charge is 0.339 e. The van der Waals surface area contributed by atoms with Crippen LogP contribution in [0.4, 0.5) is 0 Å². The molecule has 1 spiro atoms. The number of fused-ring (bicyclic) bond motifs is 5. The van der Waals surface area contributed by atoms with Crippen LogP contribution < -0.4 is 5.56 Å². The van der Waals surface area contributed by atoms with Gasteiger partial charge in [0, 0.05) is 16.7 Å². The quantitative estimate of drug-likeness (QED) is 0.749. The van der Waals surface area contributed by atoms with E-state index in [1.165, 1.54) is 0 Å². The van der Waals surface area contributed by atoms with Crippen molar-refractivity contribution < 1.29 is 9.47 Å². The van der Waals surface area contributed by atoms with Crippen LogP contribution in [0.2, 0.25) is 0 Å². The number of nitrogens with zero attached hydrogens (tertiary/aromatic N) is 1. The van der Waals surface area contributed by atoms with Crippen molar-refractivity contribution in [2.45, 2.75) is 5.79 Å². The van der Waals surface area contributed by atoms with E-state index in [9.17, 15) is 4.79 Å². The third-order valence-electron chi connectivity index (χ3n) is 4.52. The van der Waals surface area contributed by atoms with Gasteiger partial charge in [-0.25, -0.2) is 4.98 Å². The maximum Gasteiger partial charge on any atom is 0.274 e. The van der Waals surface area contributed by atoms with Crippen molar-refractivity contribution in [3.05, 3.63) is 76.2 Å². The monoisotopic (exact) mass is 318 g/mol. The van der Waals surface area contributed by atoms with E-state index in [2.05, 4.69) is 9.97 Å². The van der Waals surface area contributed by atoms with Gasteiger partial charge in [0.25, 0.3) is 5.56 Å². The Kier molecular flexibility index (Phi) is 2.77. The molecule has 1 fully saturated rings. The van der Waals surface area contributed by atoms with E-state index in [1.807, 2.05) is 54.6 Å². The average molecular weight is 318 g/mol. The highest BCUT2D eigenvalue weighted by Gasteiger charge is 2.50. The zero-order valence-corrected chi connectivity index (χ0v) is 12.8. The van der Waals surface area contributed by atoms with Gasteiger partial charge in [-0.15, -0.1) is 0 Å². The summed E-state index contributed by atoms with van der Waals surface area (Å²) in [4.78, 5) is 20.3. The van der Waals surface area contributed by atoms with Gasteiger partial charge in [-0.2, -0.15) is 0 Å².